The maximum Gasteiger partial charge on any atom is 0.305 e. The zero-order valence-corrected chi connectivity index (χ0v) is 57.2. The summed E-state index contributed by atoms with van der Waals surface area (Å²) in [6, 6.07) is -0.622. The first-order valence-corrected chi connectivity index (χ1v) is 38.6. The van der Waals surface area contributed by atoms with Gasteiger partial charge >= 0.3 is 5.97 Å². The van der Waals surface area contributed by atoms with Gasteiger partial charge < -0.3 is 20.3 Å². The quantitative estimate of drug-likeness (QED) is 0.0320. The van der Waals surface area contributed by atoms with Gasteiger partial charge in [0, 0.05) is 12.8 Å². The van der Waals surface area contributed by atoms with E-state index >= 15 is 0 Å². The number of carbonyl (C=O) groups excluding carboxylic acids is 2. The lowest BCUT2D eigenvalue weighted by molar-refractivity contribution is -0.143. The van der Waals surface area contributed by atoms with E-state index in [1.807, 2.05) is 6.08 Å². The largest absolute Gasteiger partial charge is 0.466 e. The molecule has 0 spiro atoms. The molecule has 3 N–H and O–H groups in total. The number of aliphatic hydroxyl groups excluding tert-OH is 2. The van der Waals surface area contributed by atoms with E-state index < -0.39 is 12.1 Å². The average Bonchev–Trinajstić information content (AvgIpc) is 3.54. The third-order valence-electron chi connectivity index (χ3n) is 18.2. The van der Waals surface area contributed by atoms with E-state index in [0.717, 1.165) is 38.5 Å². The molecule has 0 heterocycles. The molecule has 0 radical (unpaired) electrons. The Morgan fingerprint density at radius 1 is 0.321 bits per heavy atom. The summed E-state index contributed by atoms with van der Waals surface area (Å²) in [6.07, 6.45) is 94.5. The first-order chi connectivity index (χ1) is 41.5. The van der Waals surface area contributed by atoms with Crippen LogP contribution in [-0.2, 0) is 14.3 Å². The monoisotopic (exact) mass is 1180 g/mol. The highest BCUT2D eigenvalue weighted by Gasteiger charge is 2.18. The predicted molar refractivity (Wildman–Crippen MR) is 370 cm³/mol. The number of nitrogens with one attached hydrogen (secondary N) is 1. The van der Waals surface area contributed by atoms with Crippen LogP contribution in [0.25, 0.3) is 0 Å². The zero-order chi connectivity index (χ0) is 60.6. The van der Waals surface area contributed by atoms with Gasteiger partial charge in [-0.05, 0) is 57.8 Å². The molecule has 84 heavy (non-hydrogen) atoms. The van der Waals surface area contributed by atoms with Crippen LogP contribution in [-0.4, -0.2) is 47.4 Å². The fraction of sp³-hybridized carbons (Fsp3) is 0.923. The highest BCUT2D eigenvalue weighted by atomic mass is 16.5. The molecule has 6 heteroatoms. The van der Waals surface area contributed by atoms with E-state index in [0.29, 0.717) is 19.4 Å². The number of esters is 1. The number of unbranched alkanes of at least 4 members (excludes halogenated alkanes) is 60. The molecule has 0 aliphatic heterocycles. The third kappa shape index (κ3) is 69.4. The molecule has 2 atom stereocenters. The molecule has 0 aromatic heterocycles. The second-order valence-electron chi connectivity index (χ2n) is 26.7. The summed E-state index contributed by atoms with van der Waals surface area (Å²) >= 11 is 0. The van der Waals surface area contributed by atoms with Crippen molar-refractivity contribution in [2.24, 2.45) is 0 Å². The zero-order valence-electron chi connectivity index (χ0n) is 57.2. The summed E-state index contributed by atoms with van der Waals surface area (Å²) in [6.45, 7) is 4.93. The van der Waals surface area contributed by atoms with Crippen LogP contribution in [0.4, 0.5) is 0 Å². The van der Waals surface area contributed by atoms with Gasteiger partial charge in [0.05, 0.1) is 25.4 Å². The fourth-order valence-corrected chi connectivity index (χ4v) is 12.3. The summed E-state index contributed by atoms with van der Waals surface area (Å²) in [7, 11) is 0. The van der Waals surface area contributed by atoms with Crippen LogP contribution in [0.2, 0.25) is 0 Å². The molecule has 0 saturated carbocycles. The molecule has 0 aromatic rings. The summed E-state index contributed by atoms with van der Waals surface area (Å²) < 4.78 is 5.51. The molecular weight excluding hydrogens is 1030 g/mol. The van der Waals surface area contributed by atoms with Gasteiger partial charge in [-0.15, -0.1) is 0 Å². The van der Waals surface area contributed by atoms with Crippen LogP contribution < -0.4 is 5.32 Å². The summed E-state index contributed by atoms with van der Waals surface area (Å²) in [4.78, 5) is 24.6. The minimum absolute atomic E-state index is 0.0206. The van der Waals surface area contributed by atoms with Crippen LogP contribution in [0.5, 0.6) is 0 Å². The summed E-state index contributed by atoms with van der Waals surface area (Å²) in [5.41, 5.74) is 0. The predicted octanol–water partition coefficient (Wildman–Crippen LogP) is 25.3. The number of amides is 1. The smallest absolute Gasteiger partial charge is 0.305 e. The van der Waals surface area contributed by atoms with Gasteiger partial charge in [0.25, 0.3) is 0 Å². The lowest BCUT2D eigenvalue weighted by atomic mass is 10.0. The number of carbonyl (C=O) groups is 2. The van der Waals surface area contributed by atoms with Gasteiger partial charge in [-0.25, -0.2) is 0 Å². The number of allylic oxidation sites excluding steroid dienone is 3. The molecule has 1 amide bonds. The van der Waals surface area contributed by atoms with Crippen LogP contribution in [0.3, 0.4) is 0 Å². The molecule has 2 unspecified atom stereocenters. The van der Waals surface area contributed by atoms with E-state index in [2.05, 4.69) is 31.3 Å². The SMILES string of the molecule is CCCCCCCC/C=C\CCCCCCCCCC(=O)OCCCCCCCCCCCCCCCCCCCCCCCCCCCCCCCCCCCCCCCC(=O)NC(CO)C(O)/C=C/CCCCCCCCCCCCC. The number of aliphatic hydroxyl groups is 2. The van der Waals surface area contributed by atoms with Crippen molar-refractivity contribution in [1.29, 1.82) is 0 Å². The van der Waals surface area contributed by atoms with Gasteiger partial charge in [-0.1, -0.05) is 391 Å². The first-order valence-electron chi connectivity index (χ1n) is 38.6. The van der Waals surface area contributed by atoms with Crippen molar-refractivity contribution in [2.45, 2.75) is 450 Å². The van der Waals surface area contributed by atoms with Crippen molar-refractivity contribution in [3.05, 3.63) is 24.3 Å². The molecular formula is C78H151NO5. The first kappa shape index (κ1) is 82.3. The van der Waals surface area contributed by atoms with Gasteiger partial charge in [0.2, 0.25) is 5.91 Å². The maximum atomic E-state index is 12.5. The molecule has 0 fully saturated rings. The van der Waals surface area contributed by atoms with E-state index in [-0.39, 0.29) is 18.5 Å². The number of hydrogen-bond acceptors (Lipinski definition) is 5. The Kier molecular flexibility index (Phi) is 72.3. The second-order valence-corrected chi connectivity index (χ2v) is 26.7. The Bertz CT molecular complexity index is 1320. The highest BCUT2D eigenvalue weighted by molar-refractivity contribution is 5.76. The molecule has 498 valence electrons. The van der Waals surface area contributed by atoms with E-state index in [9.17, 15) is 19.8 Å². The average molecular weight is 1180 g/mol. The minimum Gasteiger partial charge on any atom is -0.466 e. The Hall–Kier alpha value is -1.66. The van der Waals surface area contributed by atoms with E-state index in [1.54, 1.807) is 6.08 Å². The van der Waals surface area contributed by atoms with Crippen LogP contribution in [0.1, 0.15) is 438 Å². The lowest BCUT2D eigenvalue weighted by Crippen LogP contribution is -2.45. The second kappa shape index (κ2) is 73.8. The Morgan fingerprint density at radius 2 is 0.560 bits per heavy atom. The van der Waals surface area contributed by atoms with E-state index in [1.165, 1.54) is 372 Å². The molecule has 0 rings (SSSR count). The normalized spacial score (nSPS) is 12.6. The minimum atomic E-state index is -0.839. The molecule has 6 nitrogen and oxygen atoms in total. The molecule has 0 bridgehead atoms. The van der Waals surface area contributed by atoms with Crippen LogP contribution in [0, 0.1) is 0 Å². The topological polar surface area (TPSA) is 95.9 Å². The van der Waals surface area contributed by atoms with Crippen molar-refractivity contribution in [2.75, 3.05) is 13.2 Å². The van der Waals surface area contributed by atoms with Crippen molar-refractivity contribution in [3.8, 4) is 0 Å². The van der Waals surface area contributed by atoms with Crippen molar-refractivity contribution < 1.29 is 24.5 Å². The van der Waals surface area contributed by atoms with Gasteiger partial charge in [0.1, 0.15) is 0 Å². The Balaban J connectivity index is 3.29. The van der Waals surface area contributed by atoms with Gasteiger partial charge in [0.15, 0.2) is 0 Å². The summed E-state index contributed by atoms with van der Waals surface area (Å²) in [5, 5.41) is 23.1. The van der Waals surface area contributed by atoms with Crippen molar-refractivity contribution in [3.63, 3.8) is 0 Å². The maximum absolute atomic E-state index is 12.5. The number of hydrogen-bond donors (Lipinski definition) is 3. The van der Waals surface area contributed by atoms with Gasteiger partial charge in [-0.2, -0.15) is 0 Å². The fourth-order valence-electron chi connectivity index (χ4n) is 12.3. The van der Waals surface area contributed by atoms with Crippen molar-refractivity contribution in [1.82, 2.24) is 5.32 Å². The lowest BCUT2D eigenvalue weighted by Gasteiger charge is -2.20. The van der Waals surface area contributed by atoms with E-state index in [4.69, 9.17) is 4.74 Å². The molecule has 0 saturated heterocycles. The van der Waals surface area contributed by atoms with Crippen LogP contribution in [0.15, 0.2) is 24.3 Å². The molecule has 0 aliphatic rings. The standard InChI is InChI=1S/C78H151NO5/c1-3-5-7-9-11-13-15-17-18-40-44-48-52-56-60-64-68-72-78(83)84-73-69-65-61-57-53-49-45-42-39-37-35-33-31-29-27-25-23-21-19-20-22-24-26-28-30-32-34-36-38-41-43-47-51-55-59-63-67-71-77(82)79-75(74-80)76(81)70-66-62-58-54-50-46-16-14-12-10-8-6-4-2/h17-18,66,70,75-76,80-81H,3-16,19-65,67-69,71-74H2,1-2H3,(H,79,82)/b18-17-,70-66+. The van der Waals surface area contributed by atoms with Crippen LogP contribution >= 0.6 is 0 Å². The Morgan fingerprint density at radius 3 is 0.845 bits per heavy atom. The number of ether oxygens (including phenoxy) is 1. The summed E-state index contributed by atoms with van der Waals surface area (Å²) in [5.74, 6) is -0.0396. The third-order valence-corrected chi connectivity index (χ3v) is 18.2. The highest BCUT2D eigenvalue weighted by Crippen LogP contribution is 2.20. The molecule has 0 aliphatic carbocycles. The Labute approximate surface area is 526 Å². The van der Waals surface area contributed by atoms with Gasteiger partial charge in [-0.3, -0.25) is 9.59 Å². The van der Waals surface area contributed by atoms with Crippen molar-refractivity contribution >= 4 is 11.9 Å². The molecule has 0 aromatic carbocycles. The number of rotatable bonds is 73.